The summed E-state index contributed by atoms with van der Waals surface area (Å²) in [6.07, 6.45) is 2.82. The van der Waals surface area contributed by atoms with Crippen molar-refractivity contribution in [2.75, 3.05) is 17.8 Å². The molecule has 0 atom stereocenters. The highest BCUT2D eigenvalue weighted by Gasteiger charge is 2.23. The second-order valence-electron chi connectivity index (χ2n) is 4.08. The van der Waals surface area contributed by atoms with E-state index in [1.807, 2.05) is 0 Å². The molecule has 0 radical (unpaired) electrons. The molecule has 1 aromatic rings. The zero-order valence-electron chi connectivity index (χ0n) is 9.39. The molecule has 1 N–H and O–H groups in total. The molecule has 0 unspecified atom stereocenters. The molecule has 0 amide bonds. The van der Waals surface area contributed by atoms with Crippen molar-refractivity contribution in [1.82, 2.24) is 4.31 Å². The van der Waals surface area contributed by atoms with Crippen LogP contribution in [0.15, 0.2) is 24.3 Å². The molecule has 1 fully saturated rings. The Hall–Kier alpha value is -1.14. The quantitative estimate of drug-likeness (QED) is 0.901. The van der Waals surface area contributed by atoms with Gasteiger partial charge >= 0.3 is 10.2 Å². The van der Waals surface area contributed by atoms with Crippen LogP contribution in [0.4, 0.5) is 10.1 Å². The van der Waals surface area contributed by atoms with Gasteiger partial charge in [0.2, 0.25) is 0 Å². The van der Waals surface area contributed by atoms with Gasteiger partial charge < -0.3 is 0 Å². The molecule has 1 saturated heterocycles. The summed E-state index contributed by atoms with van der Waals surface area (Å²) in [5, 5.41) is 0. The number of halogens is 1. The summed E-state index contributed by atoms with van der Waals surface area (Å²) in [4.78, 5) is 0. The normalized spacial score (nSPS) is 17.9. The minimum atomic E-state index is -3.54. The molecule has 1 aliphatic heterocycles. The van der Waals surface area contributed by atoms with Gasteiger partial charge in [0.05, 0.1) is 5.69 Å². The van der Waals surface area contributed by atoms with Crippen LogP contribution in [0.5, 0.6) is 0 Å². The van der Waals surface area contributed by atoms with Crippen LogP contribution in [0.2, 0.25) is 0 Å². The standard InChI is InChI=1S/C11H15FN2O2S/c12-10-5-4-6-11(9-10)13-17(15,16)14-7-2-1-3-8-14/h4-6,9,13H,1-3,7-8H2. The van der Waals surface area contributed by atoms with E-state index >= 15 is 0 Å². The van der Waals surface area contributed by atoms with Crippen LogP contribution < -0.4 is 4.72 Å². The summed E-state index contributed by atoms with van der Waals surface area (Å²) in [5.74, 6) is -0.455. The smallest absolute Gasteiger partial charge is 0.271 e. The maximum Gasteiger partial charge on any atom is 0.301 e. The molecular formula is C11H15FN2O2S. The van der Waals surface area contributed by atoms with Crippen molar-refractivity contribution in [1.29, 1.82) is 0 Å². The number of anilines is 1. The number of rotatable bonds is 3. The van der Waals surface area contributed by atoms with Gasteiger partial charge in [0.1, 0.15) is 5.82 Å². The molecule has 0 saturated carbocycles. The molecule has 0 aromatic heterocycles. The number of hydrogen-bond donors (Lipinski definition) is 1. The van der Waals surface area contributed by atoms with E-state index in [4.69, 9.17) is 0 Å². The number of hydrogen-bond acceptors (Lipinski definition) is 2. The summed E-state index contributed by atoms with van der Waals surface area (Å²) >= 11 is 0. The Morgan fingerprint density at radius 3 is 2.53 bits per heavy atom. The Labute approximate surface area is 101 Å². The number of nitrogens with one attached hydrogen (secondary N) is 1. The Balaban J connectivity index is 2.11. The Morgan fingerprint density at radius 2 is 1.88 bits per heavy atom. The summed E-state index contributed by atoms with van der Waals surface area (Å²) in [6, 6.07) is 5.45. The van der Waals surface area contributed by atoms with E-state index in [1.54, 1.807) is 0 Å². The van der Waals surface area contributed by atoms with Crippen LogP contribution in [0.25, 0.3) is 0 Å². The molecule has 1 aliphatic rings. The van der Waals surface area contributed by atoms with Gasteiger partial charge in [-0.1, -0.05) is 12.5 Å². The monoisotopic (exact) mass is 258 g/mol. The molecule has 1 heterocycles. The van der Waals surface area contributed by atoms with Gasteiger partial charge in [0.25, 0.3) is 0 Å². The minimum absolute atomic E-state index is 0.260. The molecule has 94 valence electrons. The first kappa shape index (κ1) is 12.3. The fourth-order valence-corrected chi connectivity index (χ4v) is 3.16. The van der Waals surface area contributed by atoms with Crippen LogP contribution in [0, 0.1) is 5.82 Å². The summed E-state index contributed by atoms with van der Waals surface area (Å²) < 4.78 is 40.6. The Kier molecular flexibility index (Phi) is 3.63. The molecule has 0 spiro atoms. The van der Waals surface area contributed by atoms with Crippen LogP contribution in [0.1, 0.15) is 19.3 Å². The van der Waals surface area contributed by atoms with Crippen molar-refractivity contribution in [2.24, 2.45) is 0 Å². The van der Waals surface area contributed by atoms with Crippen LogP contribution >= 0.6 is 0 Å². The Bertz CT molecular complexity index is 484. The molecule has 17 heavy (non-hydrogen) atoms. The SMILES string of the molecule is O=S(=O)(Nc1cccc(F)c1)N1CCCCC1. The van der Waals surface area contributed by atoms with E-state index < -0.39 is 16.0 Å². The zero-order valence-corrected chi connectivity index (χ0v) is 10.2. The van der Waals surface area contributed by atoms with E-state index in [0.29, 0.717) is 13.1 Å². The van der Waals surface area contributed by atoms with Crippen molar-refractivity contribution in [3.63, 3.8) is 0 Å². The van der Waals surface area contributed by atoms with Crippen molar-refractivity contribution >= 4 is 15.9 Å². The van der Waals surface area contributed by atoms with Gasteiger partial charge in [-0.05, 0) is 31.0 Å². The zero-order chi connectivity index (χ0) is 12.3. The second kappa shape index (κ2) is 5.01. The highest BCUT2D eigenvalue weighted by molar-refractivity contribution is 7.90. The molecule has 0 bridgehead atoms. The van der Waals surface area contributed by atoms with Gasteiger partial charge in [-0.2, -0.15) is 12.7 Å². The maximum absolute atomic E-state index is 12.9. The van der Waals surface area contributed by atoms with Gasteiger partial charge in [0, 0.05) is 13.1 Å². The van der Waals surface area contributed by atoms with Crippen molar-refractivity contribution in [3.05, 3.63) is 30.1 Å². The van der Waals surface area contributed by atoms with Crippen LogP contribution in [-0.2, 0) is 10.2 Å². The largest absolute Gasteiger partial charge is 0.301 e. The van der Waals surface area contributed by atoms with Crippen molar-refractivity contribution in [2.45, 2.75) is 19.3 Å². The number of piperidine rings is 1. The first-order valence-corrected chi connectivity index (χ1v) is 7.05. The average Bonchev–Trinajstić information content (AvgIpc) is 2.29. The van der Waals surface area contributed by atoms with E-state index in [9.17, 15) is 12.8 Å². The van der Waals surface area contributed by atoms with Gasteiger partial charge in [-0.15, -0.1) is 0 Å². The third-order valence-electron chi connectivity index (χ3n) is 2.73. The number of nitrogens with zero attached hydrogens (tertiary/aromatic N) is 1. The maximum atomic E-state index is 12.9. The van der Waals surface area contributed by atoms with Crippen molar-refractivity contribution < 1.29 is 12.8 Å². The third-order valence-corrected chi connectivity index (χ3v) is 4.27. The lowest BCUT2D eigenvalue weighted by molar-refractivity contribution is 0.349. The molecule has 2 rings (SSSR count). The first-order valence-electron chi connectivity index (χ1n) is 5.61. The minimum Gasteiger partial charge on any atom is -0.271 e. The molecule has 4 nitrogen and oxygen atoms in total. The summed E-state index contributed by atoms with van der Waals surface area (Å²) in [6.45, 7) is 1.06. The van der Waals surface area contributed by atoms with E-state index in [2.05, 4.69) is 4.72 Å². The third kappa shape index (κ3) is 3.17. The van der Waals surface area contributed by atoms with Gasteiger partial charge in [-0.3, -0.25) is 4.72 Å². The predicted octanol–water partition coefficient (Wildman–Crippen LogP) is 1.97. The first-order chi connectivity index (χ1) is 8.08. The highest BCUT2D eigenvalue weighted by atomic mass is 32.2. The van der Waals surface area contributed by atoms with Crippen LogP contribution in [-0.4, -0.2) is 25.8 Å². The molecule has 1 aromatic carbocycles. The van der Waals surface area contributed by atoms with Crippen LogP contribution in [0.3, 0.4) is 0 Å². The van der Waals surface area contributed by atoms with E-state index in [0.717, 1.165) is 19.3 Å². The van der Waals surface area contributed by atoms with Gasteiger partial charge in [-0.25, -0.2) is 4.39 Å². The summed E-state index contributed by atoms with van der Waals surface area (Å²) in [5.41, 5.74) is 0.260. The van der Waals surface area contributed by atoms with E-state index in [-0.39, 0.29) is 5.69 Å². The summed E-state index contributed by atoms with van der Waals surface area (Å²) in [7, 11) is -3.54. The fraction of sp³-hybridized carbons (Fsp3) is 0.455. The molecule has 0 aliphatic carbocycles. The van der Waals surface area contributed by atoms with E-state index in [1.165, 1.54) is 28.6 Å². The topological polar surface area (TPSA) is 49.4 Å². The lowest BCUT2D eigenvalue weighted by Gasteiger charge is -2.26. The van der Waals surface area contributed by atoms with Gasteiger partial charge in [0.15, 0.2) is 0 Å². The predicted molar refractivity (Wildman–Crippen MR) is 64.4 cm³/mol. The second-order valence-corrected chi connectivity index (χ2v) is 5.75. The lowest BCUT2D eigenvalue weighted by Crippen LogP contribution is -2.39. The lowest BCUT2D eigenvalue weighted by atomic mass is 10.2. The average molecular weight is 258 g/mol. The molecular weight excluding hydrogens is 243 g/mol. The number of benzene rings is 1. The Morgan fingerprint density at radius 1 is 1.18 bits per heavy atom. The molecule has 6 heteroatoms. The van der Waals surface area contributed by atoms with Crippen molar-refractivity contribution in [3.8, 4) is 0 Å². The fourth-order valence-electron chi connectivity index (χ4n) is 1.87. The highest BCUT2D eigenvalue weighted by Crippen LogP contribution is 2.17.